The summed E-state index contributed by atoms with van der Waals surface area (Å²) in [6.07, 6.45) is 3.10. The van der Waals surface area contributed by atoms with E-state index >= 15 is 0 Å². The monoisotopic (exact) mass is 227 g/mol. The van der Waals surface area contributed by atoms with Crippen LogP contribution in [0.2, 0.25) is 0 Å². The van der Waals surface area contributed by atoms with Gasteiger partial charge in [-0.15, -0.1) is 11.8 Å². The first kappa shape index (κ1) is 11.9. The molecule has 0 saturated heterocycles. The molecule has 1 heterocycles. The van der Waals surface area contributed by atoms with Crippen molar-refractivity contribution in [3.63, 3.8) is 0 Å². The Bertz CT molecular complexity index is 307. The molecule has 0 radical (unpaired) electrons. The number of aromatic nitrogens is 2. The first-order valence-electron chi connectivity index (χ1n) is 4.55. The normalized spacial score (nSPS) is 12.1. The van der Waals surface area contributed by atoms with Crippen LogP contribution >= 0.6 is 11.8 Å². The van der Waals surface area contributed by atoms with Crippen molar-refractivity contribution in [2.24, 2.45) is 5.73 Å². The third kappa shape index (κ3) is 4.26. The molecule has 5 nitrogen and oxygen atoms in total. The molecule has 0 saturated carbocycles. The summed E-state index contributed by atoms with van der Waals surface area (Å²) in [5.41, 5.74) is 5.61. The van der Waals surface area contributed by atoms with Crippen LogP contribution in [0.5, 0.6) is 0 Å². The highest BCUT2D eigenvalue weighted by atomic mass is 32.2. The lowest BCUT2D eigenvalue weighted by Crippen LogP contribution is -2.34. The van der Waals surface area contributed by atoms with Gasteiger partial charge in [0.1, 0.15) is 12.4 Å². The van der Waals surface area contributed by atoms with E-state index in [0.717, 1.165) is 5.03 Å². The van der Waals surface area contributed by atoms with Crippen LogP contribution in [-0.2, 0) is 9.53 Å². The Morgan fingerprint density at radius 3 is 3.13 bits per heavy atom. The number of thioether (sulfide) groups is 1. The SMILES string of the molecule is CCOC(=O)C(N)CSc1ccncn1. The maximum Gasteiger partial charge on any atom is 0.323 e. The van der Waals surface area contributed by atoms with Gasteiger partial charge in [-0.2, -0.15) is 0 Å². The number of hydrogen-bond acceptors (Lipinski definition) is 6. The van der Waals surface area contributed by atoms with E-state index in [-0.39, 0.29) is 5.97 Å². The second-order valence-corrected chi connectivity index (χ2v) is 3.76. The summed E-state index contributed by atoms with van der Waals surface area (Å²) in [5.74, 6) is 0.0783. The first-order valence-corrected chi connectivity index (χ1v) is 5.53. The summed E-state index contributed by atoms with van der Waals surface area (Å²) < 4.78 is 4.78. The Morgan fingerprint density at radius 2 is 2.53 bits per heavy atom. The Morgan fingerprint density at radius 1 is 1.73 bits per heavy atom. The van der Waals surface area contributed by atoms with Crippen molar-refractivity contribution in [3.05, 3.63) is 18.6 Å². The van der Waals surface area contributed by atoms with E-state index in [4.69, 9.17) is 10.5 Å². The van der Waals surface area contributed by atoms with Crippen molar-refractivity contribution in [2.45, 2.75) is 18.0 Å². The van der Waals surface area contributed by atoms with Crippen LogP contribution in [-0.4, -0.2) is 34.3 Å². The fourth-order valence-electron chi connectivity index (χ4n) is 0.856. The van der Waals surface area contributed by atoms with Gasteiger partial charge in [-0.3, -0.25) is 4.79 Å². The predicted molar refractivity (Wildman–Crippen MR) is 57.4 cm³/mol. The molecule has 15 heavy (non-hydrogen) atoms. The predicted octanol–water partition coefficient (Wildman–Crippen LogP) is 0.459. The van der Waals surface area contributed by atoms with E-state index < -0.39 is 6.04 Å². The molecule has 0 bridgehead atoms. The van der Waals surface area contributed by atoms with Gasteiger partial charge in [-0.1, -0.05) is 0 Å². The summed E-state index contributed by atoms with van der Waals surface area (Å²) in [5, 5.41) is 0.796. The fourth-order valence-corrected chi connectivity index (χ4v) is 1.62. The maximum atomic E-state index is 11.2. The van der Waals surface area contributed by atoms with Gasteiger partial charge in [0.15, 0.2) is 0 Å². The molecule has 82 valence electrons. The number of carbonyl (C=O) groups excluding carboxylic acids is 1. The molecule has 1 aromatic heterocycles. The van der Waals surface area contributed by atoms with Gasteiger partial charge < -0.3 is 10.5 Å². The van der Waals surface area contributed by atoms with Gasteiger partial charge in [0.2, 0.25) is 0 Å². The number of rotatable bonds is 5. The number of esters is 1. The van der Waals surface area contributed by atoms with Crippen LogP contribution in [0.4, 0.5) is 0 Å². The molecular weight excluding hydrogens is 214 g/mol. The van der Waals surface area contributed by atoms with Gasteiger partial charge in [0, 0.05) is 11.9 Å². The molecule has 0 aliphatic heterocycles. The summed E-state index contributed by atoms with van der Waals surface area (Å²) in [6, 6.07) is 1.16. The van der Waals surface area contributed by atoms with Crippen LogP contribution in [0.15, 0.2) is 23.6 Å². The second kappa shape index (κ2) is 6.36. The van der Waals surface area contributed by atoms with E-state index in [0.29, 0.717) is 12.4 Å². The average molecular weight is 227 g/mol. The molecule has 0 amide bonds. The number of carbonyl (C=O) groups is 1. The van der Waals surface area contributed by atoms with Crippen molar-refractivity contribution >= 4 is 17.7 Å². The number of ether oxygens (including phenoxy) is 1. The topological polar surface area (TPSA) is 78.1 Å². The van der Waals surface area contributed by atoms with Crippen LogP contribution in [0.25, 0.3) is 0 Å². The Balaban J connectivity index is 2.34. The molecule has 1 atom stereocenters. The summed E-state index contributed by atoms with van der Waals surface area (Å²) in [6.45, 7) is 2.10. The Labute approximate surface area is 92.4 Å². The molecule has 0 aliphatic rings. The lowest BCUT2D eigenvalue weighted by Gasteiger charge is -2.09. The van der Waals surface area contributed by atoms with Gasteiger partial charge >= 0.3 is 5.97 Å². The maximum absolute atomic E-state index is 11.2. The zero-order valence-corrected chi connectivity index (χ0v) is 9.24. The van der Waals surface area contributed by atoms with Crippen molar-refractivity contribution in [2.75, 3.05) is 12.4 Å². The van der Waals surface area contributed by atoms with Crippen LogP contribution in [0.3, 0.4) is 0 Å². The minimum atomic E-state index is -0.607. The minimum absolute atomic E-state index is 0.352. The molecule has 0 fully saturated rings. The van der Waals surface area contributed by atoms with Crippen molar-refractivity contribution in [1.29, 1.82) is 0 Å². The van der Waals surface area contributed by atoms with E-state index in [1.807, 2.05) is 0 Å². The molecule has 1 rings (SSSR count). The van der Waals surface area contributed by atoms with E-state index in [1.54, 1.807) is 19.2 Å². The lowest BCUT2D eigenvalue weighted by atomic mass is 10.4. The highest BCUT2D eigenvalue weighted by Gasteiger charge is 2.14. The molecule has 6 heteroatoms. The van der Waals surface area contributed by atoms with Crippen molar-refractivity contribution in [3.8, 4) is 0 Å². The number of nitrogens with zero attached hydrogens (tertiary/aromatic N) is 2. The van der Waals surface area contributed by atoms with E-state index in [9.17, 15) is 4.79 Å². The molecular formula is C9H13N3O2S. The summed E-state index contributed by atoms with van der Waals surface area (Å²) in [4.78, 5) is 19.0. The number of hydrogen-bond donors (Lipinski definition) is 1. The molecule has 0 aromatic carbocycles. The zero-order valence-electron chi connectivity index (χ0n) is 8.42. The highest BCUT2D eigenvalue weighted by Crippen LogP contribution is 2.14. The summed E-state index contributed by atoms with van der Waals surface area (Å²) in [7, 11) is 0. The third-order valence-electron chi connectivity index (χ3n) is 1.55. The molecule has 1 unspecified atom stereocenters. The summed E-state index contributed by atoms with van der Waals surface area (Å²) >= 11 is 1.41. The van der Waals surface area contributed by atoms with Crippen LogP contribution < -0.4 is 5.73 Å². The van der Waals surface area contributed by atoms with Gasteiger partial charge in [-0.05, 0) is 13.0 Å². The average Bonchev–Trinajstić information content (AvgIpc) is 2.27. The largest absolute Gasteiger partial charge is 0.465 e. The molecule has 0 spiro atoms. The van der Waals surface area contributed by atoms with Crippen molar-refractivity contribution in [1.82, 2.24) is 9.97 Å². The lowest BCUT2D eigenvalue weighted by molar-refractivity contribution is -0.144. The molecule has 1 aromatic rings. The molecule has 0 aliphatic carbocycles. The smallest absolute Gasteiger partial charge is 0.323 e. The minimum Gasteiger partial charge on any atom is -0.465 e. The van der Waals surface area contributed by atoms with Gasteiger partial charge in [-0.25, -0.2) is 9.97 Å². The van der Waals surface area contributed by atoms with Crippen LogP contribution in [0.1, 0.15) is 6.92 Å². The van der Waals surface area contributed by atoms with Gasteiger partial charge in [0.05, 0.1) is 11.6 Å². The third-order valence-corrected chi connectivity index (χ3v) is 2.62. The first-order chi connectivity index (χ1) is 7.24. The Hall–Kier alpha value is -1.14. The second-order valence-electron chi connectivity index (χ2n) is 2.72. The van der Waals surface area contributed by atoms with Gasteiger partial charge in [0.25, 0.3) is 0 Å². The van der Waals surface area contributed by atoms with E-state index in [1.165, 1.54) is 18.1 Å². The van der Waals surface area contributed by atoms with Crippen LogP contribution in [0, 0.1) is 0 Å². The zero-order chi connectivity index (χ0) is 11.1. The van der Waals surface area contributed by atoms with Crippen molar-refractivity contribution < 1.29 is 9.53 Å². The fraction of sp³-hybridized carbons (Fsp3) is 0.444. The quantitative estimate of drug-likeness (QED) is 0.447. The highest BCUT2D eigenvalue weighted by molar-refractivity contribution is 7.99. The Kier molecular flexibility index (Phi) is 5.06. The standard InChI is InChI=1S/C9H13N3O2S/c1-2-14-9(13)7(10)5-15-8-3-4-11-6-12-8/h3-4,6-7H,2,5,10H2,1H3. The van der Waals surface area contributed by atoms with E-state index in [2.05, 4.69) is 9.97 Å². The number of nitrogens with two attached hydrogens (primary N) is 1. The molecule has 2 N–H and O–H groups in total.